The predicted molar refractivity (Wildman–Crippen MR) is 123 cm³/mol. The van der Waals surface area contributed by atoms with E-state index in [1.807, 2.05) is 26.1 Å². The van der Waals surface area contributed by atoms with Crippen molar-refractivity contribution in [2.75, 3.05) is 23.5 Å². The summed E-state index contributed by atoms with van der Waals surface area (Å²) in [4.78, 5) is 10.6. The molecule has 0 fully saturated rings. The van der Waals surface area contributed by atoms with Crippen molar-refractivity contribution < 1.29 is 12.8 Å². The van der Waals surface area contributed by atoms with E-state index in [4.69, 9.17) is 0 Å². The van der Waals surface area contributed by atoms with Crippen LogP contribution in [0.5, 0.6) is 0 Å². The highest BCUT2D eigenvalue weighted by atomic mass is 32.2. The van der Waals surface area contributed by atoms with Crippen molar-refractivity contribution in [3.63, 3.8) is 0 Å². The van der Waals surface area contributed by atoms with Crippen molar-refractivity contribution in [2.45, 2.75) is 18.7 Å². The summed E-state index contributed by atoms with van der Waals surface area (Å²) in [7, 11) is -0.124. The van der Waals surface area contributed by atoms with Gasteiger partial charge < -0.3 is 10.2 Å². The minimum atomic E-state index is -3.54. The molecule has 0 saturated heterocycles. The van der Waals surface area contributed by atoms with Crippen LogP contribution in [-0.4, -0.2) is 51.7 Å². The molecule has 0 bridgehead atoms. The molecule has 4 rings (SSSR count). The first kappa shape index (κ1) is 22.4. The highest BCUT2D eigenvalue weighted by Gasteiger charge is 2.20. The minimum absolute atomic E-state index is 0.103. The number of anilines is 4. The lowest BCUT2D eigenvalue weighted by atomic mass is 10.1. The molecule has 3 aromatic heterocycles. The van der Waals surface area contributed by atoms with Gasteiger partial charge in [0, 0.05) is 49.4 Å². The van der Waals surface area contributed by atoms with Crippen LogP contribution in [0.3, 0.4) is 0 Å². The maximum atomic E-state index is 14.9. The fraction of sp³-hybridized carbons (Fsp3) is 0.238. The molecule has 0 aliphatic rings. The molecule has 4 aromatic rings. The summed E-state index contributed by atoms with van der Waals surface area (Å²) in [5.41, 5.74) is 3.14. The number of aryl methyl sites for hydroxylation is 2. The van der Waals surface area contributed by atoms with Gasteiger partial charge in [-0.2, -0.15) is 15.2 Å². The first-order valence-corrected chi connectivity index (χ1v) is 11.8. The molecule has 0 spiro atoms. The quantitative estimate of drug-likeness (QED) is 0.440. The highest BCUT2D eigenvalue weighted by Crippen LogP contribution is 2.32. The molecule has 0 aliphatic carbocycles. The number of rotatable bonds is 6. The van der Waals surface area contributed by atoms with Gasteiger partial charge >= 0.3 is 0 Å². The van der Waals surface area contributed by atoms with Gasteiger partial charge in [0.15, 0.2) is 15.7 Å². The Balaban J connectivity index is 1.82. The zero-order valence-corrected chi connectivity index (χ0v) is 19.6. The standard InChI is InChI=1S/C21H23FN8O2S/c1-12-8-18(28-27-12)24-20-13(2)19(14-10-23-29(3)11-14)25-21(26-20)30(4)17-7-6-15(9-16(17)22)33(5,31)32/h6-11H,1-5H3,(H2,24,25,26,27,28). The van der Waals surface area contributed by atoms with Gasteiger partial charge in [0.25, 0.3) is 0 Å². The summed E-state index contributed by atoms with van der Waals surface area (Å²) in [5, 5.41) is 14.5. The Morgan fingerprint density at radius 1 is 1.18 bits per heavy atom. The normalized spacial score (nSPS) is 11.6. The zero-order chi connectivity index (χ0) is 23.9. The monoisotopic (exact) mass is 470 g/mol. The molecular formula is C21H23FN8O2S. The Labute approximate surface area is 190 Å². The van der Waals surface area contributed by atoms with Crippen molar-refractivity contribution in [1.29, 1.82) is 0 Å². The first-order chi connectivity index (χ1) is 15.5. The van der Waals surface area contributed by atoms with Crippen molar-refractivity contribution in [2.24, 2.45) is 7.05 Å². The number of benzene rings is 1. The lowest BCUT2D eigenvalue weighted by Crippen LogP contribution is -2.17. The molecule has 33 heavy (non-hydrogen) atoms. The first-order valence-electron chi connectivity index (χ1n) is 9.93. The molecule has 12 heteroatoms. The number of sulfone groups is 1. The molecule has 10 nitrogen and oxygen atoms in total. The summed E-state index contributed by atoms with van der Waals surface area (Å²) >= 11 is 0. The number of nitrogens with one attached hydrogen (secondary N) is 2. The van der Waals surface area contributed by atoms with Gasteiger partial charge in [0.2, 0.25) is 5.95 Å². The van der Waals surface area contributed by atoms with E-state index in [1.165, 1.54) is 17.0 Å². The van der Waals surface area contributed by atoms with E-state index >= 15 is 0 Å². The van der Waals surface area contributed by atoms with Crippen LogP contribution in [-0.2, 0) is 16.9 Å². The lowest BCUT2D eigenvalue weighted by molar-refractivity contribution is 0.596. The van der Waals surface area contributed by atoms with Crippen molar-refractivity contribution in [1.82, 2.24) is 29.9 Å². The average molecular weight is 471 g/mol. The molecule has 2 N–H and O–H groups in total. The topological polar surface area (TPSA) is 122 Å². The number of aromatic amines is 1. The van der Waals surface area contributed by atoms with Crippen molar-refractivity contribution >= 4 is 33.1 Å². The molecule has 3 heterocycles. The number of hydrogen-bond donors (Lipinski definition) is 2. The molecule has 172 valence electrons. The van der Waals surface area contributed by atoms with Crippen LogP contribution >= 0.6 is 0 Å². The fourth-order valence-corrected chi connectivity index (χ4v) is 3.94. The number of H-pyrrole nitrogens is 1. The van der Waals surface area contributed by atoms with E-state index in [9.17, 15) is 12.8 Å². The number of halogens is 1. The Bertz CT molecular complexity index is 1440. The van der Waals surface area contributed by atoms with Gasteiger partial charge in [-0.3, -0.25) is 9.78 Å². The van der Waals surface area contributed by atoms with Gasteiger partial charge in [0.1, 0.15) is 11.6 Å². The van der Waals surface area contributed by atoms with Gasteiger partial charge in [-0.25, -0.2) is 17.8 Å². The number of aromatic nitrogens is 6. The largest absolute Gasteiger partial charge is 0.323 e. The summed E-state index contributed by atoms with van der Waals surface area (Å²) in [5.74, 6) is 0.569. The van der Waals surface area contributed by atoms with Crippen LogP contribution in [0.1, 0.15) is 11.3 Å². The third kappa shape index (κ3) is 4.55. The van der Waals surface area contributed by atoms with E-state index in [0.717, 1.165) is 29.1 Å². The molecule has 0 saturated carbocycles. The summed E-state index contributed by atoms with van der Waals surface area (Å²) in [6.45, 7) is 3.75. The van der Waals surface area contributed by atoms with E-state index in [-0.39, 0.29) is 16.5 Å². The third-order valence-electron chi connectivity index (χ3n) is 5.07. The summed E-state index contributed by atoms with van der Waals surface area (Å²) < 4.78 is 40.1. The van der Waals surface area contributed by atoms with E-state index < -0.39 is 15.7 Å². The molecule has 0 aliphatic heterocycles. The van der Waals surface area contributed by atoms with E-state index in [2.05, 4.69) is 30.6 Å². The molecule has 0 unspecified atom stereocenters. The van der Waals surface area contributed by atoms with Gasteiger partial charge in [-0.15, -0.1) is 0 Å². The van der Waals surface area contributed by atoms with Crippen LogP contribution in [0, 0.1) is 19.7 Å². The smallest absolute Gasteiger partial charge is 0.232 e. The summed E-state index contributed by atoms with van der Waals surface area (Å²) in [6, 6.07) is 5.57. The van der Waals surface area contributed by atoms with Crippen LogP contribution < -0.4 is 10.2 Å². The molecule has 1 aromatic carbocycles. The Kier molecular flexibility index (Phi) is 5.62. The van der Waals surface area contributed by atoms with E-state index in [0.29, 0.717) is 17.3 Å². The molecular weight excluding hydrogens is 447 g/mol. The average Bonchev–Trinajstić information content (AvgIpc) is 3.36. The van der Waals surface area contributed by atoms with Gasteiger partial charge in [-0.1, -0.05) is 0 Å². The highest BCUT2D eigenvalue weighted by molar-refractivity contribution is 7.90. The number of nitrogens with zero attached hydrogens (tertiary/aromatic N) is 6. The van der Waals surface area contributed by atoms with Crippen molar-refractivity contribution in [3.8, 4) is 11.3 Å². The maximum absolute atomic E-state index is 14.9. The summed E-state index contributed by atoms with van der Waals surface area (Å²) in [6.07, 6.45) is 4.54. The second-order valence-electron chi connectivity index (χ2n) is 7.75. The molecule has 0 atom stereocenters. The van der Waals surface area contributed by atoms with Crippen LogP contribution in [0.2, 0.25) is 0 Å². The van der Waals surface area contributed by atoms with E-state index in [1.54, 1.807) is 25.0 Å². The Morgan fingerprint density at radius 3 is 2.52 bits per heavy atom. The van der Waals surface area contributed by atoms with Crippen molar-refractivity contribution in [3.05, 3.63) is 53.7 Å². The van der Waals surface area contributed by atoms with Gasteiger partial charge in [0.05, 0.1) is 22.5 Å². The third-order valence-corrected chi connectivity index (χ3v) is 6.18. The Hall–Kier alpha value is -3.80. The lowest BCUT2D eigenvalue weighted by Gasteiger charge is -2.21. The number of hydrogen-bond acceptors (Lipinski definition) is 8. The van der Waals surface area contributed by atoms with Gasteiger partial charge in [-0.05, 0) is 32.0 Å². The molecule has 0 radical (unpaired) electrons. The van der Waals surface area contributed by atoms with Crippen LogP contribution in [0.15, 0.2) is 41.6 Å². The predicted octanol–water partition coefficient (Wildman–Crippen LogP) is 3.27. The zero-order valence-electron chi connectivity index (χ0n) is 18.8. The second kappa shape index (κ2) is 8.28. The second-order valence-corrected chi connectivity index (χ2v) is 9.77. The fourth-order valence-electron chi connectivity index (χ4n) is 3.30. The van der Waals surface area contributed by atoms with Crippen LogP contribution in [0.4, 0.5) is 27.7 Å². The SMILES string of the molecule is Cc1cc(Nc2nc(N(C)c3ccc(S(C)(=O)=O)cc3F)nc(-c3cnn(C)c3)c2C)n[nH]1. The molecule has 0 amide bonds. The van der Waals surface area contributed by atoms with Crippen LogP contribution in [0.25, 0.3) is 11.3 Å². The maximum Gasteiger partial charge on any atom is 0.232 e. The minimum Gasteiger partial charge on any atom is -0.323 e. The Morgan fingerprint density at radius 2 is 1.94 bits per heavy atom.